The summed E-state index contributed by atoms with van der Waals surface area (Å²) in [5, 5.41) is 9.71. The minimum Gasteiger partial charge on any atom is -0.496 e. The van der Waals surface area contributed by atoms with E-state index < -0.39 is 0 Å². The number of carbonyl (C=O) groups is 2. The first-order valence-corrected chi connectivity index (χ1v) is 9.97. The first-order chi connectivity index (χ1) is 14.1. The molecule has 1 aliphatic rings. The number of ether oxygens (including phenoxy) is 1. The zero-order valence-corrected chi connectivity index (χ0v) is 17.1. The third kappa shape index (κ3) is 4.67. The van der Waals surface area contributed by atoms with Crippen LogP contribution in [0.3, 0.4) is 0 Å². The Morgan fingerprint density at radius 3 is 2.79 bits per heavy atom. The van der Waals surface area contributed by atoms with Gasteiger partial charge >= 0.3 is 6.03 Å². The van der Waals surface area contributed by atoms with Crippen molar-refractivity contribution in [1.29, 1.82) is 0 Å². The van der Waals surface area contributed by atoms with Crippen molar-refractivity contribution in [3.63, 3.8) is 0 Å². The van der Waals surface area contributed by atoms with Crippen molar-refractivity contribution in [2.75, 3.05) is 38.6 Å². The van der Waals surface area contributed by atoms with Crippen molar-refractivity contribution in [2.24, 2.45) is 5.92 Å². The van der Waals surface area contributed by atoms with Crippen LogP contribution in [0.25, 0.3) is 11.4 Å². The number of amides is 3. The lowest BCUT2D eigenvalue weighted by atomic mass is 9.97. The Morgan fingerprint density at radius 2 is 2.07 bits per heavy atom. The van der Waals surface area contributed by atoms with Gasteiger partial charge in [0, 0.05) is 26.2 Å². The number of carbonyl (C=O) groups excluding carboxylic acids is 2. The van der Waals surface area contributed by atoms with E-state index in [0.29, 0.717) is 37.8 Å². The minimum atomic E-state index is -0.281. The lowest BCUT2D eigenvalue weighted by Gasteiger charge is -2.35. The van der Waals surface area contributed by atoms with Gasteiger partial charge in [-0.2, -0.15) is 4.98 Å². The molecule has 0 bridgehead atoms. The third-order valence-electron chi connectivity index (χ3n) is 5.18. The summed E-state index contributed by atoms with van der Waals surface area (Å²) in [7, 11) is 1.59. The molecule has 3 rings (SSSR count). The molecule has 1 saturated heterocycles. The Labute approximate surface area is 170 Å². The number of hydrogen-bond acceptors (Lipinski definition) is 5. The molecule has 2 heterocycles. The monoisotopic (exact) mass is 400 g/mol. The molecule has 1 aromatic carbocycles. The molecule has 9 nitrogen and oxygen atoms in total. The van der Waals surface area contributed by atoms with E-state index in [2.05, 4.69) is 20.5 Å². The van der Waals surface area contributed by atoms with Gasteiger partial charge in [-0.05, 0) is 38.8 Å². The highest BCUT2D eigenvalue weighted by molar-refractivity contribution is 5.91. The number of hydrogen-bond donors (Lipinski definition) is 2. The maximum absolute atomic E-state index is 12.7. The van der Waals surface area contributed by atoms with Crippen LogP contribution in [0.2, 0.25) is 0 Å². The Kier molecular flexibility index (Phi) is 6.69. The number of urea groups is 1. The van der Waals surface area contributed by atoms with Crippen LogP contribution in [0.1, 0.15) is 26.7 Å². The number of benzene rings is 1. The van der Waals surface area contributed by atoms with Gasteiger partial charge in [0.1, 0.15) is 5.75 Å². The van der Waals surface area contributed by atoms with Gasteiger partial charge in [0.25, 0.3) is 0 Å². The van der Waals surface area contributed by atoms with Crippen molar-refractivity contribution in [3.8, 4) is 17.1 Å². The number of piperidine rings is 1. The molecule has 1 atom stereocenters. The summed E-state index contributed by atoms with van der Waals surface area (Å²) in [6.07, 6.45) is 1.53. The molecule has 0 saturated carbocycles. The van der Waals surface area contributed by atoms with Crippen molar-refractivity contribution in [3.05, 3.63) is 24.3 Å². The number of anilines is 1. The standard InChI is InChI=1S/C20H28N6O3/c1-4-25(5-2)20(28)26-12-8-9-14(13-26)18(27)22-19-21-17(23-24-19)15-10-6-7-11-16(15)29-3/h6-7,10-11,14H,4-5,8-9,12-13H2,1-3H3,(H2,21,22,23,24,27). The molecule has 1 aromatic heterocycles. The molecule has 29 heavy (non-hydrogen) atoms. The number of para-hydroxylation sites is 1. The van der Waals surface area contributed by atoms with Crippen LogP contribution in [-0.4, -0.2) is 70.2 Å². The van der Waals surface area contributed by atoms with Crippen LogP contribution < -0.4 is 10.1 Å². The first kappa shape index (κ1) is 20.6. The topological polar surface area (TPSA) is 103 Å². The van der Waals surface area contributed by atoms with E-state index in [1.807, 2.05) is 38.1 Å². The summed E-state index contributed by atoms with van der Waals surface area (Å²) in [6, 6.07) is 7.43. The number of aromatic amines is 1. The Morgan fingerprint density at radius 1 is 1.31 bits per heavy atom. The molecule has 0 radical (unpaired) electrons. The van der Waals surface area contributed by atoms with Gasteiger partial charge in [0.05, 0.1) is 18.6 Å². The summed E-state index contributed by atoms with van der Waals surface area (Å²) < 4.78 is 5.34. The second kappa shape index (κ2) is 9.40. The Bertz CT molecular complexity index is 848. The zero-order chi connectivity index (χ0) is 20.8. The van der Waals surface area contributed by atoms with E-state index in [4.69, 9.17) is 4.74 Å². The van der Waals surface area contributed by atoms with E-state index in [9.17, 15) is 9.59 Å². The molecule has 9 heteroatoms. The van der Waals surface area contributed by atoms with Crippen molar-refractivity contribution >= 4 is 17.9 Å². The average Bonchev–Trinajstić information content (AvgIpc) is 3.22. The third-order valence-corrected chi connectivity index (χ3v) is 5.18. The molecule has 3 amide bonds. The van der Waals surface area contributed by atoms with Gasteiger partial charge < -0.3 is 14.5 Å². The Balaban J connectivity index is 1.65. The van der Waals surface area contributed by atoms with Gasteiger partial charge in [0.2, 0.25) is 11.9 Å². The predicted octanol–water partition coefficient (Wildman–Crippen LogP) is 2.59. The first-order valence-electron chi connectivity index (χ1n) is 9.97. The molecular formula is C20H28N6O3. The molecule has 1 aliphatic heterocycles. The fourth-order valence-electron chi connectivity index (χ4n) is 3.55. The minimum absolute atomic E-state index is 0.0103. The summed E-state index contributed by atoms with van der Waals surface area (Å²) in [5.74, 6) is 0.936. The van der Waals surface area contributed by atoms with Crippen LogP contribution in [0.15, 0.2) is 24.3 Å². The van der Waals surface area contributed by atoms with Crippen molar-refractivity contribution in [2.45, 2.75) is 26.7 Å². The maximum Gasteiger partial charge on any atom is 0.320 e. The van der Waals surface area contributed by atoms with E-state index >= 15 is 0 Å². The van der Waals surface area contributed by atoms with E-state index in [1.165, 1.54) is 0 Å². The Hall–Kier alpha value is -3.10. The summed E-state index contributed by atoms with van der Waals surface area (Å²) >= 11 is 0. The van der Waals surface area contributed by atoms with Crippen molar-refractivity contribution < 1.29 is 14.3 Å². The van der Waals surface area contributed by atoms with Gasteiger partial charge in [-0.3, -0.25) is 15.2 Å². The summed E-state index contributed by atoms with van der Waals surface area (Å²) in [4.78, 5) is 33.2. The molecule has 1 fully saturated rings. The highest BCUT2D eigenvalue weighted by Crippen LogP contribution is 2.27. The highest BCUT2D eigenvalue weighted by atomic mass is 16.5. The fourth-order valence-corrected chi connectivity index (χ4v) is 3.55. The zero-order valence-electron chi connectivity index (χ0n) is 17.1. The normalized spacial score (nSPS) is 16.4. The van der Waals surface area contributed by atoms with E-state index in [0.717, 1.165) is 18.4 Å². The van der Waals surface area contributed by atoms with Gasteiger partial charge in [-0.15, -0.1) is 5.10 Å². The van der Waals surface area contributed by atoms with Crippen LogP contribution in [0, 0.1) is 5.92 Å². The lowest BCUT2D eigenvalue weighted by molar-refractivity contribution is -0.121. The van der Waals surface area contributed by atoms with Gasteiger partial charge in [0.15, 0.2) is 5.82 Å². The fraction of sp³-hybridized carbons (Fsp3) is 0.500. The van der Waals surface area contributed by atoms with E-state index in [1.54, 1.807) is 16.9 Å². The van der Waals surface area contributed by atoms with Crippen LogP contribution >= 0.6 is 0 Å². The number of nitrogens with zero attached hydrogens (tertiary/aromatic N) is 4. The number of rotatable bonds is 6. The molecular weight excluding hydrogens is 372 g/mol. The largest absolute Gasteiger partial charge is 0.496 e. The molecule has 0 aliphatic carbocycles. The summed E-state index contributed by atoms with van der Waals surface area (Å²) in [6.45, 7) is 6.32. The van der Waals surface area contributed by atoms with Gasteiger partial charge in [-0.1, -0.05) is 12.1 Å². The smallest absolute Gasteiger partial charge is 0.320 e. The second-order valence-corrected chi connectivity index (χ2v) is 6.94. The van der Waals surface area contributed by atoms with Gasteiger partial charge in [-0.25, -0.2) is 4.79 Å². The number of nitrogens with one attached hydrogen (secondary N) is 2. The number of H-pyrrole nitrogens is 1. The quantitative estimate of drug-likeness (QED) is 0.776. The molecule has 1 unspecified atom stereocenters. The average molecular weight is 400 g/mol. The molecule has 2 aromatic rings. The molecule has 2 N–H and O–H groups in total. The predicted molar refractivity (Wildman–Crippen MR) is 110 cm³/mol. The second-order valence-electron chi connectivity index (χ2n) is 6.94. The number of likely N-dealkylation sites (tertiary alicyclic amines) is 1. The molecule has 156 valence electrons. The van der Waals surface area contributed by atoms with Crippen LogP contribution in [0.5, 0.6) is 5.75 Å². The van der Waals surface area contributed by atoms with Crippen LogP contribution in [0.4, 0.5) is 10.7 Å². The SMILES string of the molecule is CCN(CC)C(=O)N1CCCC(C(=O)Nc2n[nH]c(-c3ccccc3OC)n2)C1. The lowest BCUT2D eigenvalue weighted by Crippen LogP contribution is -2.49. The maximum atomic E-state index is 12.7. The van der Waals surface area contributed by atoms with Crippen molar-refractivity contribution in [1.82, 2.24) is 25.0 Å². The highest BCUT2D eigenvalue weighted by Gasteiger charge is 2.30. The number of aromatic nitrogens is 3. The summed E-state index contributed by atoms with van der Waals surface area (Å²) in [5.41, 5.74) is 0.761. The molecule has 0 spiro atoms. The number of methoxy groups -OCH3 is 1. The van der Waals surface area contributed by atoms with E-state index in [-0.39, 0.29) is 23.8 Å². The van der Waals surface area contributed by atoms with Crippen LogP contribution in [-0.2, 0) is 4.79 Å².